The molecule has 0 aromatic heterocycles. The number of carbonyl (C=O) groups excluding carboxylic acids is 2. The number of hydrogen-bond donors (Lipinski definition) is 1. The molecule has 2 aromatic carbocycles. The van der Waals surface area contributed by atoms with Crippen LogP contribution in [0, 0.1) is 6.92 Å². The van der Waals surface area contributed by atoms with Crippen LogP contribution in [0.5, 0.6) is 11.5 Å². The number of anilines is 2. The van der Waals surface area contributed by atoms with E-state index in [2.05, 4.69) is 19.2 Å². The van der Waals surface area contributed by atoms with E-state index in [4.69, 9.17) is 9.47 Å². The van der Waals surface area contributed by atoms with Gasteiger partial charge in [0, 0.05) is 18.7 Å². The molecule has 1 N–H and O–H groups in total. The van der Waals surface area contributed by atoms with E-state index in [1.807, 2.05) is 25.1 Å². The summed E-state index contributed by atoms with van der Waals surface area (Å²) >= 11 is 0. The quantitative estimate of drug-likeness (QED) is 0.852. The SMILES string of the molecule is CC(=O)N(CC(=O)Nc1ccc2c(c1)OCCO2)c1c(C)cccc1C(C)C. The second-order valence-electron chi connectivity index (χ2n) is 7.18. The minimum absolute atomic E-state index is 0.0612. The second kappa shape index (κ2) is 8.33. The van der Waals surface area contributed by atoms with Gasteiger partial charge >= 0.3 is 0 Å². The van der Waals surface area contributed by atoms with Crippen LogP contribution in [-0.4, -0.2) is 31.6 Å². The number of para-hydroxylation sites is 1. The number of ether oxygens (including phenoxy) is 2. The Bertz CT molecular complexity index is 892. The molecule has 0 saturated heterocycles. The fraction of sp³-hybridized carbons (Fsp3) is 0.364. The van der Waals surface area contributed by atoms with Crippen molar-refractivity contribution in [3.8, 4) is 11.5 Å². The highest BCUT2D eigenvalue weighted by Gasteiger charge is 2.22. The van der Waals surface area contributed by atoms with Gasteiger partial charge in [0.2, 0.25) is 11.8 Å². The van der Waals surface area contributed by atoms with Crippen molar-refractivity contribution in [3.63, 3.8) is 0 Å². The summed E-state index contributed by atoms with van der Waals surface area (Å²) in [5, 5.41) is 2.85. The van der Waals surface area contributed by atoms with Crippen LogP contribution in [0.1, 0.15) is 37.8 Å². The molecule has 2 amide bonds. The molecule has 0 saturated carbocycles. The third kappa shape index (κ3) is 4.27. The van der Waals surface area contributed by atoms with E-state index in [1.165, 1.54) is 11.8 Å². The Morgan fingerprint density at radius 1 is 1.11 bits per heavy atom. The standard InChI is InChI=1S/C22H26N2O4/c1-14(2)18-7-5-6-15(3)22(18)24(16(4)25)13-21(26)23-17-8-9-19-20(12-17)28-11-10-27-19/h5-9,12,14H,10-11,13H2,1-4H3,(H,23,26). The topological polar surface area (TPSA) is 67.9 Å². The Morgan fingerprint density at radius 2 is 1.82 bits per heavy atom. The lowest BCUT2D eigenvalue weighted by Gasteiger charge is -2.27. The molecule has 0 aliphatic carbocycles. The molecular formula is C22H26N2O4. The van der Waals surface area contributed by atoms with Gasteiger partial charge in [0.15, 0.2) is 11.5 Å². The van der Waals surface area contributed by atoms with Crippen molar-refractivity contribution in [1.82, 2.24) is 0 Å². The maximum Gasteiger partial charge on any atom is 0.244 e. The van der Waals surface area contributed by atoms with E-state index in [0.717, 1.165) is 16.8 Å². The first-order valence-electron chi connectivity index (χ1n) is 9.44. The van der Waals surface area contributed by atoms with Crippen LogP contribution in [-0.2, 0) is 9.59 Å². The normalized spacial score (nSPS) is 12.6. The molecule has 6 nitrogen and oxygen atoms in total. The fourth-order valence-electron chi connectivity index (χ4n) is 3.33. The maximum absolute atomic E-state index is 12.7. The Hall–Kier alpha value is -3.02. The smallest absolute Gasteiger partial charge is 0.244 e. The number of fused-ring (bicyclic) bond motifs is 1. The summed E-state index contributed by atoms with van der Waals surface area (Å²) in [7, 11) is 0. The van der Waals surface area contributed by atoms with Gasteiger partial charge in [-0.15, -0.1) is 0 Å². The van der Waals surface area contributed by atoms with Gasteiger partial charge in [0.1, 0.15) is 19.8 Å². The lowest BCUT2D eigenvalue weighted by atomic mass is 9.97. The van der Waals surface area contributed by atoms with Crippen molar-refractivity contribution in [3.05, 3.63) is 47.5 Å². The lowest BCUT2D eigenvalue weighted by molar-refractivity contribution is -0.120. The van der Waals surface area contributed by atoms with Crippen molar-refractivity contribution in [2.24, 2.45) is 0 Å². The van der Waals surface area contributed by atoms with Crippen molar-refractivity contribution >= 4 is 23.2 Å². The zero-order valence-electron chi connectivity index (χ0n) is 16.7. The van der Waals surface area contributed by atoms with Crippen molar-refractivity contribution in [2.75, 3.05) is 30.0 Å². The van der Waals surface area contributed by atoms with Crippen molar-refractivity contribution < 1.29 is 19.1 Å². The molecule has 28 heavy (non-hydrogen) atoms. The molecule has 0 bridgehead atoms. The highest BCUT2D eigenvalue weighted by molar-refractivity contribution is 6.02. The fourth-order valence-corrected chi connectivity index (χ4v) is 3.33. The number of benzene rings is 2. The summed E-state index contributed by atoms with van der Waals surface area (Å²) in [6.45, 7) is 8.52. The number of rotatable bonds is 5. The third-order valence-corrected chi connectivity index (χ3v) is 4.67. The first-order valence-corrected chi connectivity index (χ1v) is 9.44. The van der Waals surface area contributed by atoms with E-state index in [-0.39, 0.29) is 24.3 Å². The van der Waals surface area contributed by atoms with Crippen molar-refractivity contribution in [1.29, 1.82) is 0 Å². The lowest BCUT2D eigenvalue weighted by Crippen LogP contribution is -2.37. The minimum atomic E-state index is -0.273. The summed E-state index contributed by atoms with van der Waals surface area (Å²) in [5.74, 6) is 1.06. The molecule has 0 spiro atoms. The van der Waals surface area contributed by atoms with Crippen LogP contribution in [0.3, 0.4) is 0 Å². The van der Waals surface area contributed by atoms with Gasteiger partial charge in [-0.2, -0.15) is 0 Å². The Morgan fingerprint density at radius 3 is 2.50 bits per heavy atom. The van der Waals surface area contributed by atoms with Crippen molar-refractivity contribution in [2.45, 2.75) is 33.6 Å². The van der Waals surface area contributed by atoms with Gasteiger partial charge in [0.25, 0.3) is 0 Å². The van der Waals surface area contributed by atoms with E-state index in [1.54, 1.807) is 18.2 Å². The Kier molecular flexibility index (Phi) is 5.87. The number of amides is 2. The third-order valence-electron chi connectivity index (χ3n) is 4.67. The molecule has 1 aliphatic rings. The maximum atomic E-state index is 12.7. The predicted octanol–water partition coefficient (Wildman–Crippen LogP) is 3.88. The molecule has 1 heterocycles. The predicted molar refractivity (Wildman–Crippen MR) is 109 cm³/mol. The van der Waals surface area contributed by atoms with Gasteiger partial charge < -0.3 is 19.7 Å². The molecule has 6 heteroatoms. The van der Waals surface area contributed by atoms with Gasteiger partial charge in [0.05, 0.1) is 5.69 Å². The van der Waals surface area contributed by atoms with Crippen LogP contribution in [0.4, 0.5) is 11.4 Å². The number of hydrogen-bond acceptors (Lipinski definition) is 4. The van der Waals surface area contributed by atoms with E-state index < -0.39 is 0 Å². The molecule has 148 valence electrons. The second-order valence-corrected chi connectivity index (χ2v) is 7.18. The average molecular weight is 382 g/mol. The average Bonchev–Trinajstić information content (AvgIpc) is 2.66. The summed E-state index contributed by atoms with van der Waals surface area (Å²) in [6, 6.07) is 11.2. The highest BCUT2D eigenvalue weighted by Crippen LogP contribution is 2.33. The zero-order chi connectivity index (χ0) is 20.3. The molecule has 0 atom stereocenters. The number of nitrogens with one attached hydrogen (secondary N) is 1. The molecular weight excluding hydrogens is 356 g/mol. The summed E-state index contributed by atoms with van der Waals surface area (Å²) in [5.41, 5.74) is 3.42. The molecule has 0 radical (unpaired) electrons. The van der Waals surface area contributed by atoms with Crippen LogP contribution in [0.2, 0.25) is 0 Å². The van der Waals surface area contributed by atoms with Crippen LogP contribution in [0.25, 0.3) is 0 Å². The van der Waals surface area contributed by atoms with E-state index in [9.17, 15) is 9.59 Å². The van der Waals surface area contributed by atoms with Crippen LogP contribution in [0.15, 0.2) is 36.4 Å². The van der Waals surface area contributed by atoms with Gasteiger partial charge in [-0.3, -0.25) is 9.59 Å². The Labute approximate surface area is 165 Å². The van der Waals surface area contributed by atoms with E-state index in [0.29, 0.717) is 30.4 Å². The summed E-state index contributed by atoms with van der Waals surface area (Å²) < 4.78 is 11.0. The molecule has 0 fully saturated rings. The zero-order valence-corrected chi connectivity index (χ0v) is 16.7. The molecule has 0 unspecified atom stereocenters. The Balaban J connectivity index is 1.80. The molecule has 3 rings (SSSR count). The van der Waals surface area contributed by atoms with Gasteiger partial charge in [-0.1, -0.05) is 32.0 Å². The monoisotopic (exact) mass is 382 g/mol. The van der Waals surface area contributed by atoms with Gasteiger partial charge in [-0.05, 0) is 36.1 Å². The van der Waals surface area contributed by atoms with Gasteiger partial charge in [-0.25, -0.2) is 0 Å². The summed E-state index contributed by atoms with van der Waals surface area (Å²) in [4.78, 5) is 26.6. The first-order chi connectivity index (χ1) is 13.4. The minimum Gasteiger partial charge on any atom is -0.486 e. The number of nitrogens with zero attached hydrogens (tertiary/aromatic N) is 1. The first kappa shape index (κ1) is 19.7. The van der Waals surface area contributed by atoms with E-state index >= 15 is 0 Å². The van der Waals surface area contributed by atoms with Crippen LogP contribution >= 0.6 is 0 Å². The number of carbonyl (C=O) groups is 2. The summed E-state index contributed by atoms with van der Waals surface area (Å²) in [6.07, 6.45) is 0. The highest BCUT2D eigenvalue weighted by atomic mass is 16.6. The molecule has 2 aromatic rings. The number of aryl methyl sites for hydroxylation is 1. The largest absolute Gasteiger partial charge is 0.486 e. The molecule has 1 aliphatic heterocycles. The van der Waals surface area contributed by atoms with Crippen LogP contribution < -0.4 is 19.7 Å².